The predicted octanol–water partition coefficient (Wildman–Crippen LogP) is 1.04. The van der Waals surface area contributed by atoms with Crippen molar-refractivity contribution in [3.63, 3.8) is 0 Å². The molecule has 7 nitrogen and oxygen atoms in total. The third-order valence-electron chi connectivity index (χ3n) is 3.54. The van der Waals surface area contributed by atoms with Crippen LogP contribution in [-0.4, -0.2) is 71.7 Å². The van der Waals surface area contributed by atoms with Gasteiger partial charge in [0.05, 0.1) is 5.92 Å². The number of carbonyl (C=O) groups excluding carboxylic acids is 1. The maximum Gasteiger partial charge on any atom is 0.319 e. The Morgan fingerprint density at radius 1 is 1.43 bits per heavy atom. The lowest BCUT2D eigenvalue weighted by molar-refractivity contribution is -0.141. The van der Waals surface area contributed by atoms with E-state index < -0.39 is 11.9 Å². The third kappa shape index (κ3) is 3.84. The number of carboxylic acid groups (broad SMARTS) is 1. The molecular formula is C13H20N4O3S. The highest BCUT2D eigenvalue weighted by molar-refractivity contribution is 7.13. The molecule has 1 aliphatic heterocycles. The van der Waals surface area contributed by atoms with Crippen LogP contribution in [0.2, 0.25) is 0 Å². The van der Waals surface area contributed by atoms with Gasteiger partial charge in [0.1, 0.15) is 0 Å². The van der Waals surface area contributed by atoms with E-state index in [1.165, 1.54) is 4.90 Å². The lowest BCUT2D eigenvalue weighted by Crippen LogP contribution is -2.52. The van der Waals surface area contributed by atoms with Gasteiger partial charge in [-0.15, -0.1) is 11.3 Å². The van der Waals surface area contributed by atoms with E-state index in [1.54, 1.807) is 36.4 Å². The third-order valence-corrected chi connectivity index (χ3v) is 4.37. The Morgan fingerprint density at radius 3 is 2.62 bits per heavy atom. The van der Waals surface area contributed by atoms with Crippen LogP contribution < -0.4 is 4.90 Å². The first-order valence-electron chi connectivity index (χ1n) is 6.86. The van der Waals surface area contributed by atoms with E-state index in [1.807, 2.05) is 5.38 Å². The molecule has 0 aromatic carbocycles. The second kappa shape index (κ2) is 6.75. The molecule has 1 fully saturated rings. The molecule has 1 aromatic rings. The second-order valence-corrected chi connectivity index (χ2v) is 6.06. The van der Waals surface area contributed by atoms with E-state index in [0.717, 1.165) is 18.2 Å². The van der Waals surface area contributed by atoms with Crippen molar-refractivity contribution in [3.05, 3.63) is 11.6 Å². The molecule has 21 heavy (non-hydrogen) atoms. The molecule has 0 spiro atoms. The van der Waals surface area contributed by atoms with E-state index in [4.69, 9.17) is 5.11 Å². The number of rotatable bonds is 4. The quantitative estimate of drug-likeness (QED) is 0.899. The molecular weight excluding hydrogens is 292 g/mol. The van der Waals surface area contributed by atoms with E-state index in [-0.39, 0.29) is 12.6 Å². The van der Waals surface area contributed by atoms with Crippen LogP contribution >= 0.6 is 11.3 Å². The zero-order chi connectivity index (χ0) is 15.4. The van der Waals surface area contributed by atoms with Crippen molar-refractivity contribution in [1.82, 2.24) is 14.8 Å². The van der Waals surface area contributed by atoms with Gasteiger partial charge in [0.15, 0.2) is 5.13 Å². The summed E-state index contributed by atoms with van der Waals surface area (Å²) in [6.45, 7) is 4.59. The number of piperazine rings is 1. The lowest BCUT2D eigenvalue weighted by Gasteiger charge is -2.36. The fourth-order valence-electron chi connectivity index (χ4n) is 2.27. The van der Waals surface area contributed by atoms with Gasteiger partial charge in [-0.1, -0.05) is 6.92 Å². The molecule has 0 radical (unpaired) electrons. The normalized spacial score (nSPS) is 16.7. The Morgan fingerprint density at radius 2 is 2.10 bits per heavy atom. The van der Waals surface area contributed by atoms with Crippen molar-refractivity contribution in [1.29, 1.82) is 0 Å². The average Bonchev–Trinajstić information content (AvgIpc) is 3.00. The molecule has 2 amide bonds. The van der Waals surface area contributed by atoms with Crippen molar-refractivity contribution in [2.24, 2.45) is 5.92 Å². The molecule has 116 valence electrons. The molecule has 1 atom stereocenters. The van der Waals surface area contributed by atoms with Crippen LogP contribution in [0.4, 0.5) is 9.93 Å². The van der Waals surface area contributed by atoms with Crippen molar-refractivity contribution in [2.75, 3.05) is 44.7 Å². The van der Waals surface area contributed by atoms with Crippen molar-refractivity contribution in [3.8, 4) is 0 Å². The maximum atomic E-state index is 12.3. The largest absolute Gasteiger partial charge is 0.481 e. The predicted molar refractivity (Wildman–Crippen MR) is 80.7 cm³/mol. The van der Waals surface area contributed by atoms with Crippen molar-refractivity contribution in [2.45, 2.75) is 6.92 Å². The van der Waals surface area contributed by atoms with Crippen LogP contribution in [0.5, 0.6) is 0 Å². The highest BCUT2D eigenvalue weighted by Gasteiger charge is 2.26. The van der Waals surface area contributed by atoms with Gasteiger partial charge in [-0.05, 0) is 0 Å². The molecule has 2 rings (SSSR count). The summed E-state index contributed by atoms with van der Waals surface area (Å²) in [6.07, 6.45) is 1.78. The maximum absolute atomic E-state index is 12.3. The molecule has 1 N–H and O–H groups in total. The SMILES string of the molecule is CC(CN(C)C(=O)N1CCN(c2nccs2)CC1)C(=O)O. The van der Waals surface area contributed by atoms with Gasteiger partial charge in [-0.3, -0.25) is 4.79 Å². The summed E-state index contributed by atoms with van der Waals surface area (Å²) in [4.78, 5) is 32.8. The first-order valence-corrected chi connectivity index (χ1v) is 7.74. The Kier molecular flexibility index (Phi) is 5.00. The summed E-state index contributed by atoms with van der Waals surface area (Å²) >= 11 is 1.59. The summed E-state index contributed by atoms with van der Waals surface area (Å²) < 4.78 is 0. The molecule has 8 heteroatoms. The smallest absolute Gasteiger partial charge is 0.319 e. The number of carbonyl (C=O) groups is 2. The Balaban J connectivity index is 1.84. The number of carboxylic acids is 1. The van der Waals surface area contributed by atoms with E-state index >= 15 is 0 Å². The fourth-order valence-corrected chi connectivity index (χ4v) is 2.97. The minimum Gasteiger partial charge on any atom is -0.481 e. The van der Waals surface area contributed by atoms with Gasteiger partial charge in [-0.25, -0.2) is 9.78 Å². The minimum atomic E-state index is -0.886. The van der Waals surface area contributed by atoms with Gasteiger partial charge in [0.25, 0.3) is 0 Å². The van der Waals surface area contributed by atoms with Crippen LogP contribution in [0.25, 0.3) is 0 Å². The highest BCUT2D eigenvalue weighted by Crippen LogP contribution is 2.19. The standard InChI is InChI=1S/C13H20N4O3S/c1-10(11(18)19)9-15(2)13(20)17-6-4-16(5-7-17)12-14-3-8-21-12/h3,8,10H,4-7,9H2,1-2H3,(H,18,19). The number of anilines is 1. The summed E-state index contributed by atoms with van der Waals surface area (Å²) in [7, 11) is 1.65. The summed E-state index contributed by atoms with van der Waals surface area (Å²) in [5.74, 6) is -1.45. The topological polar surface area (TPSA) is 77.0 Å². The Labute approximate surface area is 127 Å². The first-order chi connectivity index (χ1) is 9.99. The second-order valence-electron chi connectivity index (χ2n) is 5.19. The highest BCUT2D eigenvalue weighted by atomic mass is 32.1. The number of amides is 2. The number of nitrogens with zero attached hydrogens (tertiary/aromatic N) is 4. The van der Waals surface area contributed by atoms with Gasteiger partial charge in [0.2, 0.25) is 0 Å². The molecule has 0 aliphatic carbocycles. The number of hydrogen-bond donors (Lipinski definition) is 1. The molecule has 2 heterocycles. The molecule has 1 aromatic heterocycles. The van der Waals surface area contributed by atoms with Gasteiger partial charge >= 0.3 is 12.0 Å². The van der Waals surface area contributed by atoms with Crippen LogP contribution in [0.3, 0.4) is 0 Å². The number of hydrogen-bond acceptors (Lipinski definition) is 5. The van der Waals surface area contributed by atoms with Crippen molar-refractivity contribution >= 4 is 28.5 Å². The molecule has 0 saturated carbocycles. The zero-order valence-corrected chi connectivity index (χ0v) is 13.0. The number of thiazole rings is 1. The summed E-state index contributed by atoms with van der Waals surface area (Å²) in [6, 6.07) is -0.109. The van der Waals surface area contributed by atoms with E-state index in [2.05, 4.69) is 9.88 Å². The summed E-state index contributed by atoms with van der Waals surface area (Å²) in [5.41, 5.74) is 0. The van der Waals surface area contributed by atoms with Gasteiger partial charge < -0.3 is 19.8 Å². The Bertz CT molecular complexity index is 486. The van der Waals surface area contributed by atoms with E-state index in [9.17, 15) is 9.59 Å². The van der Waals surface area contributed by atoms with Gasteiger partial charge in [-0.2, -0.15) is 0 Å². The van der Waals surface area contributed by atoms with Crippen LogP contribution in [0.15, 0.2) is 11.6 Å². The zero-order valence-electron chi connectivity index (χ0n) is 12.2. The average molecular weight is 312 g/mol. The van der Waals surface area contributed by atoms with Crippen molar-refractivity contribution < 1.29 is 14.7 Å². The molecule has 0 bridgehead atoms. The number of urea groups is 1. The van der Waals surface area contributed by atoms with Gasteiger partial charge in [0, 0.05) is 51.3 Å². The summed E-state index contributed by atoms with van der Waals surface area (Å²) in [5, 5.41) is 11.8. The fraction of sp³-hybridized carbons (Fsp3) is 0.615. The monoisotopic (exact) mass is 312 g/mol. The van der Waals surface area contributed by atoms with E-state index in [0.29, 0.717) is 13.1 Å². The minimum absolute atomic E-state index is 0.109. The Hall–Kier alpha value is -1.83. The number of aliphatic carboxylic acids is 1. The molecule has 1 unspecified atom stereocenters. The van der Waals surface area contributed by atoms with Crippen LogP contribution in [0, 0.1) is 5.92 Å². The lowest BCUT2D eigenvalue weighted by atomic mass is 10.2. The first kappa shape index (κ1) is 15.6. The number of aromatic nitrogens is 1. The molecule has 1 aliphatic rings. The molecule has 1 saturated heterocycles. The van der Waals surface area contributed by atoms with Crippen LogP contribution in [0.1, 0.15) is 6.92 Å². The van der Waals surface area contributed by atoms with Crippen LogP contribution in [-0.2, 0) is 4.79 Å².